The summed E-state index contributed by atoms with van der Waals surface area (Å²) in [6, 6.07) is 6.10. The molecule has 274 valence electrons. The topological polar surface area (TPSA) is 149 Å². The van der Waals surface area contributed by atoms with Gasteiger partial charge in [-0.05, 0) is 64.0 Å². The molecule has 1 aromatic carbocycles. The molecule has 6 rings (SSSR count). The van der Waals surface area contributed by atoms with Gasteiger partial charge in [0.1, 0.15) is 41.4 Å². The zero-order valence-electron chi connectivity index (χ0n) is 29.7. The minimum atomic E-state index is -1.62. The second-order valence-electron chi connectivity index (χ2n) is 14.1. The third-order valence-electron chi connectivity index (χ3n) is 8.83. The molecule has 1 N–H and O–H groups in total. The monoisotopic (exact) mass is 718 g/mol. The third-order valence-corrected chi connectivity index (χ3v) is 8.83. The Bertz CT molecular complexity index is 2130. The first-order chi connectivity index (χ1) is 24.6. The van der Waals surface area contributed by atoms with Crippen molar-refractivity contribution in [3.8, 4) is 22.7 Å². The Morgan fingerprint density at radius 1 is 1.13 bits per heavy atom. The lowest BCUT2D eigenvalue weighted by atomic mass is 9.97. The van der Waals surface area contributed by atoms with Crippen LogP contribution in [0, 0.1) is 11.6 Å². The number of carbonyl (C=O) groups excluding carboxylic acids is 2. The van der Waals surface area contributed by atoms with Crippen molar-refractivity contribution in [2.75, 3.05) is 31.1 Å². The first kappa shape index (κ1) is 36.4. The first-order valence-electron chi connectivity index (χ1n) is 16.9. The number of hydrogen-bond donors (Lipinski definition) is 1. The molecule has 0 saturated carbocycles. The fourth-order valence-corrected chi connectivity index (χ4v) is 6.53. The third kappa shape index (κ3) is 6.79. The number of aromatic nitrogens is 4. The van der Waals surface area contributed by atoms with E-state index in [0.29, 0.717) is 5.69 Å². The first-order valence-corrected chi connectivity index (χ1v) is 16.9. The second-order valence-corrected chi connectivity index (χ2v) is 14.1. The van der Waals surface area contributed by atoms with Gasteiger partial charge in [-0.1, -0.05) is 26.5 Å². The van der Waals surface area contributed by atoms with Crippen molar-refractivity contribution in [1.82, 2.24) is 24.4 Å². The maximum atomic E-state index is 16.4. The molecule has 0 spiro atoms. The van der Waals surface area contributed by atoms with E-state index in [1.54, 1.807) is 30.6 Å². The van der Waals surface area contributed by atoms with E-state index in [1.165, 1.54) is 30.5 Å². The van der Waals surface area contributed by atoms with Gasteiger partial charge < -0.3 is 29.1 Å². The molecule has 13 nitrogen and oxygen atoms in total. The molecular weight excluding hydrogens is 678 g/mol. The van der Waals surface area contributed by atoms with Gasteiger partial charge in [-0.25, -0.2) is 27.9 Å². The van der Waals surface area contributed by atoms with Crippen molar-refractivity contribution in [1.29, 1.82) is 0 Å². The van der Waals surface area contributed by atoms with Gasteiger partial charge >= 0.3 is 11.8 Å². The van der Waals surface area contributed by atoms with Crippen LogP contribution in [-0.2, 0) is 14.3 Å². The molecule has 2 bridgehead atoms. The molecule has 1 saturated heterocycles. The van der Waals surface area contributed by atoms with Gasteiger partial charge in [-0.2, -0.15) is 4.98 Å². The van der Waals surface area contributed by atoms with Gasteiger partial charge in [0.15, 0.2) is 17.6 Å². The number of fused-ring (bicyclic) bond motifs is 5. The van der Waals surface area contributed by atoms with Crippen LogP contribution in [-0.4, -0.2) is 85.6 Å². The van der Waals surface area contributed by atoms with Crippen molar-refractivity contribution in [2.24, 2.45) is 0 Å². The van der Waals surface area contributed by atoms with Crippen LogP contribution in [0.1, 0.15) is 64.8 Å². The summed E-state index contributed by atoms with van der Waals surface area (Å²) in [5, 5.41) is 11.8. The number of anilines is 1. The number of rotatable bonds is 4. The highest BCUT2D eigenvalue weighted by Crippen LogP contribution is 2.40. The van der Waals surface area contributed by atoms with Crippen LogP contribution < -0.4 is 15.3 Å². The van der Waals surface area contributed by atoms with Crippen LogP contribution in [0.25, 0.3) is 28.0 Å². The van der Waals surface area contributed by atoms with E-state index in [-0.39, 0.29) is 76.9 Å². The maximum Gasteiger partial charge on any atom is 0.509 e. The van der Waals surface area contributed by atoms with E-state index in [2.05, 4.69) is 21.5 Å². The molecule has 4 aromatic rings. The van der Waals surface area contributed by atoms with Crippen molar-refractivity contribution in [2.45, 2.75) is 71.3 Å². The van der Waals surface area contributed by atoms with Gasteiger partial charge in [-0.15, -0.1) is 0 Å². The van der Waals surface area contributed by atoms with Crippen LogP contribution in [0.4, 0.5) is 19.4 Å². The Kier molecular flexibility index (Phi) is 9.75. The second kappa shape index (κ2) is 13.9. The number of carbonyl (C=O) groups is 2. The van der Waals surface area contributed by atoms with Crippen molar-refractivity contribution in [3.05, 3.63) is 82.6 Å². The Morgan fingerprint density at radius 3 is 2.56 bits per heavy atom. The van der Waals surface area contributed by atoms with Crippen LogP contribution in [0.2, 0.25) is 0 Å². The number of benzene rings is 1. The highest BCUT2D eigenvalue weighted by atomic mass is 19.1. The lowest BCUT2D eigenvalue weighted by Gasteiger charge is -2.40. The average Bonchev–Trinajstić information content (AvgIpc) is 3.07. The lowest BCUT2D eigenvalue weighted by Crippen LogP contribution is -2.54. The van der Waals surface area contributed by atoms with Gasteiger partial charge in [0.05, 0.1) is 22.3 Å². The molecule has 2 unspecified atom stereocenters. The Labute approximate surface area is 298 Å². The van der Waals surface area contributed by atoms with Gasteiger partial charge in [0.2, 0.25) is 5.91 Å². The van der Waals surface area contributed by atoms with E-state index in [0.717, 1.165) is 16.7 Å². The summed E-state index contributed by atoms with van der Waals surface area (Å²) in [6.07, 6.45) is -1.57. The van der Waals surface area contributed by atoms with E-state index < -0.39 is 53.6 Å². The number of nitrogens with zero attached hydrogens (tertiary/aromatic N) is 6. The minimum absolute atomic E-state index is 0.0768. The molecule has 2 aliphatic heterocycles. The molecule has 3 aromatic heterocycles. The lowest BCUT2D eigenvalue weighted by molar-refractivity contribution is -0.126. The standard InChI is InChI=1S/C37H40F2N6O7/c1-8-27(47)43-14-15-44(20(4)17-43)33-22-16-24(39)30-28-23(38)10-9-11-26(28)50-18-25(46)32(51-36(49)52-37(5,6)7)21-12-13-40-29(19(2)3)31(21)45(34(22)41-30)35(48)42-33/h8-13,16,19-20,25,32,46H,1,14-15,17-18H2,2-7H3/t20-,25?,32?/m0/s1. The fourth-order valence-electron chi connectivity index (χ4n) is 6.53. The molecule has 3 atom stereocenters. The summed E-state index contributed by atoms with van der Waals surface area (Å²) in [5.41, 5.74) is -2.17. The smallest absolute Gasteiger partial charge is 0.490 e. The molecule has 2 aliphatic rings. The SMILES string of the molecule is C=CC(=O)N1CCN(c2nc(=O)n3c4nc(c(F)cc24)-c2c(F)cccc2OCC(O)C(OC(=O)OC(C)(C)C)c2ccnc(C(C)C)c2-3)[C@@H](C)C1. The molecule has 5 heterocycles. The summed E-state index contributed by atoms with van der Waals surface area (Å²) < 4.78 is 50.4. The maximum absolute atomic E-state index is 16.4. The zero-order valence-corrected chi connectivity index (χ0v) is 29.7. The molecule has 0 radical (unpaired) electrons. The Balaban J connectivity index is 1.70. The number of pyridine rings is 2. The summed E-state index contributed by atoms with van der Waals surface area (Å²) >= 11 is 0. The highest BCUT2D eigenvalue weighted by molar-refractivity contribution is 5.91. The molecule has 15 heteroatoms. The number of ether oxygens (including phenoxy) is 3. The Hall–Kier alpha value is -5.44. The molecule has 52 heavy (non-hydrogen) atoms. The van der Waals surface area contributed by atoms with E-state index >= 15 is 8.78 Å². The highest BCUT2D eigenvalue weighted by Gasteiger charge is 2.36. The van der Waals surface area contributed by atoms with Crippen molar-refractivity contribution in [3.63, 3.8) is 0 Å². The van der Waals surface area contributed by atoms with E-state index in [9.17, 15) is 19.5 Å². The van der Waals surface area contributed by atoms with Gasteiger partial charge in [-0.3, -0.25) is 9.78 Å². The normalized spacial score (nSPS) is 18.9. The van der Waals surface area contributed by atoms with Crippen LogP contribution in [0.3, 0.4) is 0 Å². The summed E-state index contributed by atoms with van der Waals surface area (Å²) in [4.78, 5) is 57.2. The number of amides is 1. The van der Waals surface area contributed by atoms with Crippen LogP contribution in [0.15, 0.2) is 54.0 Å². The molecular formula is C37H40F2N6O7. The van der Waals surface area contributed by atoms with Crippen LogP contribution >= 0.6 is 0 Å². The zero-order chi connectivity index (χ0) is 37.6. The van der Waals surface area contributed by atoms with E-state index in [4.69, 9.17) is 14.2 Å². The number of halogens is 2. The summed E-state index contributed by atoms with van der Waals surface area (Å²) in [7, 11) is 0. The molecule has 1 amide bonds. The quantitative estimate of drug-likeness (QED) is 0.219. The number of piperazine rings is 1. The van der Waals surface area contributed by atoms with Gasteiger partial charge in [0.25, 0.3) is 0 Å². The largest absolute Gasteiger partial charge is 0.509 e. The van der Waals surface area contributed by atoms with E-state index in [1.807, 2.05) is 20.8 Å². The summed E-state index contributed by atoms with van der Waals surface area (Å²) in [6.45, 7) is 14.2. The predicted molar refractivity (Wildman–Crippen MR) is 188 cm³/mol. The van der Waals surface area contributed by atoms with Crippen molar-refractivity contribution >= 4 is 28.9 Å². The average molecular weight is 719 g/mol. The number of aliphatic hydroxyl groups excluding tert-OH is 1. The predicted octanol–water partition coefficient (Wildman–Crippen LogP) is 5.21. The Morgan fingerprint density at radius 2 is 1.88 bits per heavy atom. The molecule has 0 aliphatic carbocycles. The van der Waals surface area contributed by atoms with Gasteiger partial charge in [0, 0.05) is 37.4 Å². The molecule has 1 fully saturated rings. The fraction of sp³-hybridized carbons (Fsp3) is 0.405. The summed E-state index contributed by atoms with van der Waals surface area (Å²) in [5.74, 6) is -2.46. The van der Waals surface area contributed by atoms with Crippen LogP contribution in [0.5, 0.6) is 5.75 Å². The minimum Gasteiger partial charge on any atom is -0.490 e. The number of hydrogen-bond acceptors (Lipinski definition) is 11. The van der Waals surface area contributed by atoms with Crippen molar-refractivity contribution < 1.29 is 37.7 Å². The number of aliphatic hydroxyl groups is 1.